The van der Waals surface area contributed by atoms with Crippen LogP contribution in [0.15, 0.2) is 10.6 Å². The summed E-state index contributed by atoms with van der Waals surface area (Å²) in [5, 5.41) is 11.7. The van der Waals surface area contributed by atoms with Gasteiger partial charge in [-0.2, -0.15) is 0 Å². The van der Waals surface area contributed by atoms with Gasteiger partial charge in [-0.05, 0) is 17.4 Å². The Morgan fingerprint density at radius 3 is 2.28 bits per heavy atom. The van der Waals surface area contributed by atoms with E-state index >= 15 is 0 Å². The lowest BCUT2D eigenvalue weighted by Crippen LogP contribution is -2.44. The Kier molecular flexibility index (Phi) is 5.14. The molecule has 0 aromatic heterocycles. The first-order valence-electron chi connectivity index (χ1n) is 5.06. The Bertz CT molecular complexity index is 373. The van der Waals surface area contributed by atoms with Crippen molar-refractivity contribution in [3.05, 3.63) is 10.6 Å². The van der Waals surface area contributed by atoms with Crippen LogP contribution in [0.2, 0.25) is 0 Å². The van der Waals surface area contributed by atoms with Gasteiger partial charge in [0, 0.05) is 0 Å². The average molecular weight is 355 g/mol. The zero-order valence-electron chi connectivity index (χ0n) is 9.55. The molecule has 0 spiro atoms. The fourth-order valence-corrected chi connectivity index (χ4v) is 2.37. The molecule has 0 saturated heterocycles. The minimum atomic E-state index is -1.97. The van der Waals surface area contributed by atoms with Gasteiger partial charge in [0.2, 0.25) is 9.70 Å². The molecule has 1 amide bonds. The van der Waals surface area contributed by atoms with E-state index in [4.69, 9.17) is 58.0 Å². The van der Waals surface area contributed by atoms with E-state index in [1.165, 1.54) is 0 Å². The molecule has 0 aromatic rings. The number of alkyl halides is 3. The summed E-state index contributed by atoms with van der Waals surface area (Å²) in [6.45, 7) is 3.77. The van der Waals surface area contributed by atoms with Crippen molar-refractivity contribution in [2.45, 2.75) is 23.9 Å². The first kappa shape index (κ1) is 16.7. The van der Waals surface area contributed by atoms with Crippen molar-refractivity contribution < 1.29 is 9.90 Å². The van der Waals surface area contributed by atoms with Crippen LogP contribution in [-0.2, 0) is 4.79 Å². The van der Waals surface area contributed by atoms with Crippen LogP contribution in [0, 0.1) is 17.3 Å². The van der Waals surface area contributed by atoms with E-state index in [1.54, 1.807) is 6.08 Å². The summed E-state index contributed by atoms with van der Waals surface area (Å²) < 4.78 is -1.87. The molecule has 8 heteroatoms. The van der Waals surface area contributed by atoms with Gasteiger partial charge in [-0.25, -0.2) is 0 Å². The molecule has 0 unspecified atom stereocenters. The molecule has 0 radical (unpaired) electrons. The van der Waals surface area contributed by atoms with Gasteiger partial charge in [-0.1, -0.05) is 71.9 Å². The van der Waals surface area contributed by atoms with Gasteiger partial charge in [0.25, 0.3) is 0 Å². The smallest absolute Gasteiger partial charge is 0.234 e. The molecular weight excluding hydrogens is 343 g/mol. The predicted molar refractivity (Wildman–Crippen MR) is 75.0 cm³/mol. The summed E-state index contributed by atoms with van der Waals surface area (Å²) in [6.07, 6.45) is 0.0252. The van der Waals surface area contributed by atoms with Gasteiger partial charge in [-0.3, -0.25) is 4.79 Å². The quantitative estimate of drug-likeness (QED) is 0.602. The van der Waals surface area contributed by atoms with Crippen molar-refractivity contribution in [1.82, 2.24) is 5.32 Å². The number of rotatable bonds is 3. The van der Waals surface area contributed by atoms with Crippen LogP contribution in [0.1, 0.15) is 13.8 Å². The van der Waals surface area contributed by atoms with Crippen LogP contribution in [0.4, 0.5) is 0 Å². The number of carbonyl (C=O) groups excluding carboxylic acids is 1. The highest BCUT2D eigenvalue weighted by molar-refractivity contribution is 6.68. The monoisotopic (exact) mass is 353 g/mol. The number of amides is 1. The van der Waals surface area contributed by atoms with E-state index in [9.17, 15) is 9.90 Å². The van der Waals surface area contributed by atoms with Crippen molar-refractivity contribution in [3.63, 3.8) is 0 Å². The molecule has 18 heavy (non-hydrogen) atoms. The average Bonchev–Trinajstić information content (AvgIpc) is 2.64. The third-order valence-corrected chi connectivity index (χ3v) is 3.96. The summed E-state index contributed by atoms with van der Waals surface area (Å²) in [5.74, 6) is -0.883. The number of nitrogens with one attached hydrogen (secondary N) is 1. The van der Waals surface area contributed by atoms with Crippen LogP contribution in [0.25, 0.3) is 0 Å². The Labute approximate surface area is 130 Å². The Hall–Kier alpha value is 0.620. The first-order valence-corrected chi connectivity index (χ1v) is 6.95. The lowest BCUT2D eigenvalue weighted by atomic mass is 10.1. The fraction of sp³-hybridized carbons (Fsp3) is 0.700. The summed E-state index contributed by atoms with van der Waals surface area (Å²) in [7, 11) is 0. The van der Waals surface area contributed by atoms with Crippen molar-refractivity contribution in [3.8, 4) is 0 Å². The number of halogens is 5. The second-order valence-electron chi connectivity index (χ2n) is 4.73. The van der Waals surface area contributed by atoms with E-state index in [0.29, 0.717) is 0 Å². The molecule has 1 saturated carbocycles. The van der Waals surface area contributed by atoms with Crippen LogP contribution >= 0.6 is 58.0 Å². The third kappa shape index (κ3) is 3.81. The predicted octanol–water partition coefficient (Wildman–Crippen LogP) is 3.38. The van der Waals surface area contributed by atoms with E-state index in [-0.39, 0.29) is 21.7 Å². The molecule has 0 heterocycles. The van der Waals surface area contributed by atoms with Gasteiger partial charge in [0.15, 0.2) is 6.23 Å². The Balaban J connectivity index is 2.68. The summed E-state index contributed by atoms with van der Waals surface area (Å²) >= 11 is 27.5. The van der Waals surface area contributed by atoms with Crippen molar-refractivity contribution >= 4 is 63.9 Å². The number of aliphatic hydroxyl groups excluding tert-OH is 1. The lowest BCUT2D eigenvalue weighted by Gasteiger charge is -2.20. The normalized spacial score (nSPS) is 27.3. The van der Waals surface area contributed by atoms with Gasteiger partial charge in [-0.15, -0.1) is 0 Å². The van der Waals surface area contributed by atoms with Gasteiger partial charge < -0.3 is 10.4 Å². The molecule has 104 valence electrons. The van der Waals surface area contributed by atoms with Gasteiger partial charge in [0.05, 0.1) is 5.92 Å². The first-order chi connectivity index (χ1) is 7.98. The Morgan fingerprint density at radius 2 is 1.89 bits per heavy atom. The molecule has 0 aliphatic heterocycles. The molecule has 3 nitrogen and oxygen atoms in total. The van der Waals surface area contributed by atoms with E-state index in [2.05, 4.69) is 5.32 Å². The molecule has 3 atom stereocenters. The van der Waals surface area contributed by atoms with Crippen molar-refractivity contribution in [2.75, 3.05) is 0 Å². The van der Waals surface area contributed by atoms with Crippen molar-refractivity contribution in [2.24, 2.45) is 17.3 Å². The molecular formula is C10H12Cl5NO2. The maximum atomic E-state index is 11.9. The van der Waals surface area contributed by atoms with E-state index in [1.807, 2.05) is 13.8 Å². The second-order valence-corrected chi connectivity index (χ2v) is 8.11. The summed E-state index contributed by atoms with van der Waals surface area (Å²) in [4.78, 5) is 11.9. The Morgan fingerprint density at radius 1 is 1.39 bits per heavy atom. The van der Waals surface area contributed by atoms with Crippen molar-refractivity contribution in [1.29, 1.82) is 0 Å². The maximum Gasteiger partial charge on any atom is 0.234 e. The standard InChI is InChI=1S/C10H12Cl5NO2/c1-9(2)4(3-5(11)12)6(9)7(17)16-8(18)10(13,14)15/h3-4,6,8,18H,1-2H3,(H,16,17)/t4-,6+,8-/m1/s1. The fourth-order valence-electron chi connectivity index (χ4n) is 1.93. The van der Waals surface area contributed by atoms with Crippen LogP contribution in [0.5, 0.6) is 0 Å². The van der Waals surface area contributed by atoms with Crippen LogP contribution < -0.4 is 5.32 Å². The molecule has 1 fully saturated rings. The molecule has 2 N–H and O–H groups in total. The molecule has 1 aliphatic rings. The number of hydrogen-bond acceptors (Lipinski definition) is 2. The van der Waals surface area contributed by atoms with Crippen LogP contribution in [0.3, 0.4) is 0 Å². The SMILES string of the molecule is CC1(C)[C@H](C=C(Cl)Cl)[C@H]1C(=O)N[C@H](O)C(Cl)(Cl)Cl. The zero-order valence-corrected chi connectivity index (χ0v) is 13.3. The third-order valence-electron chi connectivity index (χ3n) is 3.09. The highest BCUT2D eigenvalue weighted by Gasteiger charge is 2.61. The molecule has 1 aliphatic carbocycles. The number of carbonyl (C=O) groups is 1. The number of allylic oxidation sites excluding steroid dienone is 1. The molecule has 1 rings (SSSR count). The van der Waals surface area contributed by atoms with Gasteiger partial charge in [0.1, 0.15) is 4.49 Å². The topological polar surface area (TPSA) is 49.3 Å². The lowest BCUT2D eigenvalue weighted by molar-refractivity contribution is -0.126. The zero-order chi connectivity index (χ0) is 14.3. The summed E-state index contributed by atoms with van der Waals surface area (Å²) in [5.41, 5.74) is -0.299. The highest BCUT2D eigenvalue weighted by Crippen LogP contribution is 2.59. The van der Waals surface area contributed by atoms with E-state index in [0.717, 1.165) is 0 Å². The number of hydrogen-bond donors (Lipinski definition) is 2. The minimum Gasteiger partial charge on any atom is -0.369 e. The van der Waals surface area contributed by atoms with E-state index < -0.39 is 15.9 Å². The molecule has 0 bridgehead atoms. The minimum absolute atomic E-state index is 0.102. The highest BCUT2D eigenvalue weighted by atomic mass is 35.6. The number of aliphatic hydroxyl groups is 1. The summed E-state index contributed by atoms with van der Waals surface area (Å²) in [6, 6.07) is 0. The maximum absolute atomic E-state index is 11.9. The second kappa shape index (κ2) is 5.55. The van der Waals surface area contributed by atoms with Crippen LogP contribution in [-0.4, -0.2) is 21.0 Å². The largest absolute Gasteiger partial charge is 0.369 e. The van der Waals surface area contributed by atoms with Gasteiger partial charge >= 0.3 is 0 Å². The molecule has 0 aromatic carbocycles.